The number of tetrazole rings is 1. The molecule has 0 aliphatic carbocycles. The Morgan fingerprint density at radius 3 is 2.70 bits per heavy atom. The average molecular weight is 271 g/mol. The second kappa shape index (κ2) is 4.48. The lowest BCUT2D eigenvalue weighted by Crippen LogP contribution is -2.34. The van der Waals surface area contributed by atoms with Gasteiger partial charge < -0.3 is 4.74 Å². The van der Waals surface area contributed by atoms with E-state index < -0.39 is 0 Å². The molecule has 0 spiro atoms. The van der Waals surface area contributed by atoms with E-state index in [4.69, 9.17) is 4.74 Å². The van der Waals surface area contributed by atoms with Gasteiger partial charge in [0.25, 0.3) is 0 Å². The van der Waals surface area contributed by atoms with Crippen LogP contribution in [0, 0.1) is 6.92 Å². The standard InChI is InChI=1S/C14H14N4O2/c1-9-11(10-7-5-4-6-8-10)12(14(19)20-3)13-15-17(2)16-18(9)13/h4-8H,1-3H3/p+1. The molecule has 6 nitrogen and oxygen atoms in total. The average Bonchev–Trinajstić information content (AvgIpc) is 2.96. The molecule has 6 heteroatoms. The molecule has 0 amide bonds. The number of hydrogen-bond donors (Lipinski definition) is 1. The minimum atomic E-state index is -0.387. The predicted octanol–water partition coefficient (Wildman–Crippen LogP) is 1.25. The largest absolute Gasteiger partial charge is 0.465 e. The highest BCUT2D eigenvalue weighted by atomic mass is 16.5. The third kappa shape index (κ3) is 1.69. The first kappa shape index (κ1) is 12.4. The first-order valence-electron chi connectivity index (χ1n) is 6.24. The number of fused-ring (bicyclic) bond motifs is 1. The number of carbonyl (C=O) groups is 1. The van der Waals surface area contributed by atoms with E-state index in [0.29, 0.717) is 11.2 Å². The summed E-state index contributed by atoms with van der Waals surface area (Å²) in [6.45, 7) is 1.94. The van der Waals surface area contributed by atoms with Crippen LogP contribution in [-0.2, 0) is 11.8 Å². The van der Waals surface area contributed by atoms with Crippen molar-refractivity contribution in [2.45, 2.75) is 6.92 Å². The summed E-state index contributed by atoms with van der Waals surface area (Å²) >= 11 is 0. The Morgan fingerprint density at radius 1 is 1.35 bits per heavy atom. The normalized spacial score (nSPS) is 10.9. The molecule has 0 radical (unpaired) electrons. The van der Waals surface area contributed by atoms with Crippen LogP contribution < -0.4 is 4.80 Å². The fourth-order valence-corrected chi connectivity index (χ4v) is 2.45. The van der Waals surface area contributed by atoms with Gasteiger partial charge in [-0.05, 0) is 10.7 Å². The maximum atomic E-state index is 12.1. The molecule has 0 bridgehead atoms. The third-order valence-electron chi connectivity index (χ3n) is 3.32. The number of methoxy groups -OCH3 is 1. The zero-order valence-electron chi connectivity index (χ0n) is 11.5. The molecule has 0 aliphatic rings. The van der Waals surface area contributed by atoms with Gasteiger partial charge in [-0.25, -0.2) is 4.79 Å². The quantitative estimate of drug-likeness (QED) is 0.563. The molecule has 3 aromatic rings. The molecular weight excluding hydrogens is 256 g/mol. The molecule has 20 heavy (non-hydrogen) atoms. The van der Waals surface area contributed by atoms with Gasteiger partial charge in [0.05, 0.1) is 7.11 Å². The van der Waals surface area contributed by atoms with E-state index in [1.807, 2.05) is 37.3 Å². The van der Waals surface area contributed by atoms with Crippen molar-refractivity contribution < 1.29 is 14.3 Å². The molecular formula is C14H15N4O2+. The number of H-pyrrole nitrogens is 1. The number of aryl methyl sites for hydroxylation is 2. The minimum Gasteiger partial charge on any atom is -0.465 e. The van der Waals surface area contributed by atoms with Gasteiger partial charge in [-0.3, -0.25) is 0 Å². The van der Waals surface area contributed by atoms with E-state index in [-0.39, 0.29) is 5.97 Å². The Balaban J connectivity index is 2.38. The summed E-state index contributed by atoms with van der Waals surface area (Å²) in [5, 5.41) is 7.36. The van der Waals surface area contributed by atoms with Crippen molar-refractivity contribution in [3.63, 3.8) is 0 Å². The number of carbonyl (C=O) groups excluding carboxylic acids is 1. The van der Waals surface area contributed by atoms with Crippen LogP contribution in [0.5, 0.6) is 0 Å². The molecule has 1 aromatic carbocycles. The number of aromatic amines is 1. The fourth-order valence-electron chi connectivity index (χ4n) is 2.45. The SMILES string of the molecule is COC(=O)c1c(-c2ccccc2)c(C)n2[nH][n+](C)nc12. The molecule has 0 atom stereocenters. The van der Waals surface area contributed by atoms with Gasteiger partial charge in [-0.2, -0.15) is 0 Å². The van der Waals surface area contributed by atoms with Crippen LogP contribution in [0.2, 0.25) is 0 Å². The van der Waals surface area contributed by atoms with Crippen LogP contribution in [0.25, 0.3) is 16.8 Å². The molecule has 1 N–H and O–H groups in total. The van der Waals surface area contributed by atoms with Gasteiger partial charge in [0.1, 0.15) is 18.3 Å². The molecule has 3 rings (SSSR count). The third-order valence-corrected chi connectivity index (χ3v) is 3.32. The van der Waals surface area contributed by atoms with E-state index in [9.17, 15) is 4.79 Å². The zero-order chi connectivity index (χ0) is 14.3. The highest BCUT2D eigenvalue weighted by Gasteiger charge is 2.30. The topological polar surface area (TPSA) is 63.3 Å². The van der Waals surface area contributed by atoms with Crippen molar-refractivity contribution >= 4 is 11.6 Å². The monoisotopic (exact) mass is 271 g/mol. The minimum absolute atomic E-state index is 0.387. The van der Waals surface area contributed by atoms with Crippen LogP contribution in [-0.4, -0.2) is 27.9 Å². The Morgan fingerprint density at radius 2 is 2.05 bits per heavy atom. The van der Waals surface area contributed by atoms with Crippen molar-refractivity contribution in [1.29, 1.82) is 0 Å². The number of hydrogen-bond acceptors (Lipinski definition) is 3. The summed E-state index contributed by atoms with van der Waals surface area (Å²) < 4.78 is 6.70. The van der Waals surface area contributed by atoms with Gasteiger partial charge in [0.15, 0.2) is 0 Å². The van der Waals surface area contributed by atoms with Crippen molar-refractivity contribution in [2.75, 3.05) is 7.11 Å². The molecule has 0 aliphatic heterocycles. The lowest BCUT2D eigenvalue weighted by Gasteiger charge is -2.02. The van der Waals surface area contributed by atoms with Gasteiger partial charge in [-0.15, -0.1) is 4.52 Å². The molecule has 0 unspecified atom stereocenters. The van der Waals surface area contributed by atoms with Crippen molar-refractivity contribution in [3.8, 4) is 11.1 Å². The van der Waals surface area contributed by atoms with Gasteiger partial charge in [-0.1, -0.05) is 40.3 Å². The van der Waals surface area contributed by atoms with E-state index in [2.05, 4.69) is 10.3 Å². The molecule has 0 fully saturated rings. The van der Waals surface area contributed by atoms with Crippen LogP contribution >= 0.6 is 0 Å². The summed E-state index contributed by atoms with van der Waals surface area (Å²) in [5.74, 6) is -0.387. The number of rotatable bonds is 2. The fraction of sp³-hybridized carbons (Fsp3) is 0.214. The van der Waals surface area contributed by atoms with Gasteiger partial charge in [0.2, 0.25) is 0 Å². The number of ether oxygens (including phenoxy) is 1. The van der Waals surface area contributed by atoms with E-state index in [1.54, 1.807) is 16.4 Å². The number of benzene rings is 1. The first-order chi connectivity index (χ1) is 9.63. The van der Waals surface area contributed by atoms with Crippen LogP contribution in [0.3, 0.4) is 0 Å². The zero-order valence-corrected chi connectivity index (χ0v) is 11.5. The number of aromatic nitrogens is 4. The second-order valence-electron chi connectivity index (χ2n) is 4.58. The highest BCUT2D eigenvalue weighted by molar-refractivity contribution is 6.04. The smallest absolute Gasteiger partial charge is 0.344 e. The summed E-state index contributed by atoms with van der Waals surface area (Å²) in [6, 6.07) is 9.75. The van der Waals surface area contributed by atoms with Crippen molar-refractivity contribution in [2.24, 2.45) is 7.05 Å². The maximum Gasteiger partial charge on any atom is 0.344 e. The Hall–Kier alpha value is -2.63. The molecule has 102 valence electrons. The maximum absolute atomic E-state index is 12.1. The molecule has 0 saturated carbocycles. The molecule has 2 heterocycles. The summed E-state index contributed by atoms with van der Waals surface area (Å²) in [4.78, 5) is 13.7. The Kier molecular flexibility index (Phi) is 2.78. The molecule has 0 saturated heterocycles. The second-order valence-corrected chi connectivity index (χ2v) is 4.58. The summed E-state index contributed by atoms with van der Waals surface area (Å²) in [7, 11) is 3.15. The number of nitrogens with zero attached hydrogens (tertiary/aromatic N) is 3. The Labute approximate surface area is 115 Å². The first-order valence-corrected chi connectivity index (χ1v) is 6.24. The van der Waals surface area contributed by atoms with E-state index in [0.717, 1.165) is 16.8 Å². The lowest BCUT2D eigenvalue weighted by atomic mass is 10.0. The number of nitrogens with one attached hydrogen (secondary N) is 1. The van der Waals surface area contributed by atoms with Gasteiger partial charge >= 0.3 is 11.6 Å². The van der Waals surface area contributed by atoms with Crippen molar-refractivity contribution in [3.05, 3.63) is 41.6 Å². The lowest BCUT2D eigenvalue weighted by molar-refractivity contribution is -0.783. The summed E-state index contributed by atoms with van der Waals surface area (Å²) in [5.41, 5.74) is 3.77. The van der Waals surface area contributed by atoms with Crippen LogP contribution in [0.4, 0.5) is 0 Å². The predicted molar refractivity (Wildman–Crippen MR) is 72.2 cm³/mol. The highest BCUT2D eigenvalue weighted by Crippen LogP contribution is 2.31. The van der Waals surface area contributed by atoms with Crippen LogP contribution in [0.15, 0.2) is 30.3 Å². The Bertz CT molecular complexity index is 786. The number of esters is 1. The summed E-state index contributed by atoms with van der Waals surface area (Å²) in [6.07, 6.45) is 0. The van der Waals surface area contributed by atoms with E-state index >= 15 is 0 Å². The molecule has 2 aromatic heterocycles. The van der Waals surface area contributed by atoms with E-state index in [1.165, 1.54) is 7.11 Å². The van der Waals surface area contributed by atoms with Gasteiger partial charge in [0, 0.05) is 12.5 Å². The van der Waals surface area contributed by atoms with Crippen molar-refractivity contribution in [1.82, 2.24) is 14.8 Å². The van der Waals surface area contributed by atoms with Crippen LogP contribution in [0.1, 0.15) is 16.1 Å².